The van der Waals surface area contributed by atoms with E-state index in [1.807, 2.05) is 0 Å². The summed E-state index contributed by atoms with van der Waals surface area (Å²) < 4.78 is 5.76. The van der Waals surface area contributed by atoms with Gasteiger partial charge in [-0.3, -0.25) is 0 Å². The third kappa shape index (κ3) is 22.0. The fourth-order valence-electron chi connectivity index (χ4n) is 4.34. The van der Waals surface area contributed by atoms with Gasteiger partial charge in [0.05, 0.1) is 0 Å². The molecule has 33 heavy (non-hydrogen) atoms. The Kier molecular flexibility index (Phi) is 22.1. The van der Waals surface area contributed by atoms with Gasteiger partial charge in [-0.25, -0.2) is 0 Å². The molecule has 0 aliphatic heterocycles. The van der Waals surface area contributed by atoms with E-state index in [0.717, 1.165) is 37.5 Å². The Hall–Kier alpha value is -0.200. The lowest BCUT2D eigenvalue weighted by Crippen LogP contribution is -2.52. The van der Waals surface area contributed by atoms with Crippen molar-refractivity contribution in [2.45, 2.75) is 168 Å². The van der Waals surface area contributed by atoms with Crippen molar-refractivity contribution in [2.24, 2.45) is 34.8 Å². The van der Waals surface area contributed by atoms with Crippen LogP contribution in [0, 0.1) is 11.8 Å². The fraction of sp³-hybridized carbons (Fsp3) is 1.00. The van der Waals surface area contributed by atoms with E-state index in [2.05, 4.69) is 27.7 Å². The second kappa shape index (κ2) is 22.3. The first kappa shape index (κ1) is 32.8. The third-order valence-corrected chi connectivity index (χ3v) is 6.80. The van der Waals surface area contributed by atoms with Crippen molar-refractivity contribution < 1.29 is 4.74 Å². The van der Waals surface area contributed by atoms with Crippen LogP contribution in [0.4, 0.5) is 0 Å². The van der Waals surface area contributed by atoms with Crippen LogP contribution < -0.4 is 22.9 Å². The second-order valence-corrected chi connectivity index (χ2v) is 11.3. The fourth-order valence-corrected chi connectivity index (χ4v) is 4.34. The normalized spacial score (nSPS) is 15.8. The first-order valence-electron chi connectivity index (χ1n) is 14.4. The van der Waals surface area contributed by atoms with E-state index in [9.17, 15) is 0 Å². The standard InChI is InChI=1S/C28H62N4O/c1-23(2)19-15-11-7-5-9-13-17-21-25(29)27(31)33-28(32)26(30)22-18-14-10-6-8-12-16-20-24(3)4/h23-28H,5-22,29-32H2,1-4H3. The molecule has 0 aromatic heterocycles. The zero-order valence-electron chi connectivity index (χ0n) is 22.9. The van der Waals surface area contributed by atoms with Gasteiger partial charge in [-0.05, 0) is 24.7 Å². The van der Waals surface area contributed by atoms with Crippen LogP contribution in [0.2, 0.25) is 0 Å². The van der Waals surface area contributed by atoms with Crippen LogP contribution in [-0.4, -0.2) is 24.5 Å². The molecule has 0 fully saturated rings. The largest absolute Gasteiger partial charge is 0.342 e. The maximum Gasteiger partial charge on any atom is 0.123 e. The zero-order valence-corrected chi connectivity index (χ0v) is 22.9. The lowest BCUT2D eigenvalue weighted by molar-refractivity contribution is -0.0332. The highest BCUT2D eigenvalue weighted by atomic mass is 16.5. The number of hydrogen-bond acceptors (Lipinski definition) is 5. The van der Waals surface area contributed by atoms with E-state index in [1.54, 1.807) is 0 Å². The van der Waals surface area contributed by atoms with Gasteiger partial charge in [0.1, 0.15) is 12.5 Å². The highest BCUT2D eigenvalue weighted by Crippen LogP contribution is 2.15. The SMILES string of the molecule is CC(C)CCCCCCCCCC(N)C(N)OC(N)C(N)CCCCCCCCCC(C)C. The first-order chi connectivity index (χ1) is 15.7. The monoisotopic (exact) mass is 470 g/mol. The predicted octanol–water partition coefficient (Wildman–Crippen LogP) is 6.56. The molecule has 0 bridgehead atoms. The van der Waals surface area contributed by atoms with Crippen LogP contribution in [0.1, 0.15) is 143 Å². The molecule has 0 heterocycles. The van der Waals surface area contributed by atoms with Gasteiger partial charge in [-0.15, -0.1) is 0 Å². The summed E-state index contributed by atoms with van der Waals surface area (Å²) in [7, 11) is 0. The number of rotatable bonds is 24. The van der Waals surface area contributed by atoms with Crippen molar-refractivity contribution in [3.05, 3.63) is 0 Å². The molecule has 5 heteroatoms. The number of ether oxygens (including phenoxy) is 1. The maximum absolute atomic E-state index is 6.23. The molecule has 200 valence electrons. The van der Waals surface area contributed by atoms with Crippen LogP contribution in [0.3, 0.4) is 0 Å². The minimum absolute atomic E-state index is 0.176. The van der Waals surface area contributed by atoms with E-state index in [-0.39, 0.29) is 12.1 Å². The molecule has 0 saturated carbocycles. The summed E-state index contributed by atoms with van der Waals surface area (Å²) in [4.78, 5) is 0. The van der Waals surface area contributed by atoms with Gasteiger partial charge in [0.15, 0.2) is 0 Å². The third-order valence-electron chi connectivity index (χ3n) is 6.80. The predicted molar refractivity (Wildman–Crippen MR) is 146 cm³/mol. The summed E-state index contributed by atoms with van der Waals surface area (Å²) >= 11 is 0. The minimum Gasteiger partial charge on any atom is -0.342 e. The Morgan fingerprint density at radius 3 is 0.909 bits per heavy atom. The van der Waals surface area contributed by atoms with Gasteiger partial charge in [0.25, 0.3) is 0 Å². The Morgan fingerprint density at radius 2 is 0.636 bits per heavy atom. The molecular weight excluding hydrogens is 408 g/mol. The Morgan fingerprint density at radius 1 is 0.394 bits per heavy atom. The summed E-state index contributed by atoms with van der Waals surface area (Å²) in [6.07, 6.45) is 21.5. The number of hydrogen-bond donors (Lipinski definition) is 4. The summed E-state index contributed by atoms with van der Waals surface area (Å²) in [6.45, 7) is 9.21. The zero-order chi connectivity index (χ0) is 24.9. The molecule has 0 saturated heterocycles. The lowest BCUT2D eigenvalue weighted by atomic mass is 10.0. The van der Waals surface area contributed by atoms with Crippen molar-refractivity contribution in [1.82, 2.24) is 0 Å². The maximum atomic E-state index is 6.23. The molecule has 0 aromatic rings. The molecule has 0 amide bonds. The molecule has 4 atom stereocenters. The Labute approximate surface area is 207 Å². The average molecular weight is 471 g/mol. The molecular formula is C28H62N4O. The van der Waals surface area contributed by atoms with Gasteiger partial charge in [0.2, 0.25) is 0 Å². The van der Waals surface area contributed by atoms with Gasteiger partial charge in [-0.1, -0.05) is 130 Å². The van der Waals surface area contributed by atoms with Crippen molar-refractivity contribution in [3.8, 4) is 0 Å². The topological polar surface area (TPSA) is 113 Å². The van der Waals surface area contributed by atoms with Gasteiger partial charge in [0, 0.05) is 12.1 Å². The number of nitrogens with two attached hydrogens (primary N) is 4. The van der Waals surface area contributed by atoms with E-state index in [4.69, 9.17) is 27.7 Å². The summed E-state index contributed by atoms with van der Waals surface area (Å²) in [6, 6.07) is -0.352. The van der Waals surface area contributed by atoms with Crippen LogP contribution in [-0.2, 0) is 4.74 Å². The molecule has 4 unspecified atom stereocenters. The molecule has 0 spiro atoms. The summed E-state index contributed by atoms with van der Waals surface area (Å²) in [5, 5.41) is 0. The van der Waals surface area contributed by atoms with Crippen LogP contribution >= 0.6 is 0 Å². The molecule has 0 radical (unpaired) electrons. The summed E-state index contributed by atoms with van der Waals surface area (Å²) in [5.74, 6) is 1.67. The molecule has 5 nitrogen and oxygen atoms in total. The van der Waals surface area contributed by atoms with Crippen molar-refractivity contribution in [1.29, 1.82) is 0 Å². The molecule has 0 aliphatic carbocycles. The van der Waals surface area contributed by atoms with E-state index in [1.165, 1.54) is 89.9 Å². The lowest BCUT2D eigenvalue weighted by Gasteiger charge is -2.27. The Bertz CT molecular complexity index is 369. The van der Waals surface area contributed by atoms with Crippen LogP contribution in [0.15, 0.2) is 0 Å². The quantitative estimate of drug-likeness (QED) is 0.0942. The highest BCUT2D eigenvalue weighted by Gasteiger charge is 2.21. The van der Waals surface area contributed by atoms with Gasteiger partial charge >= 0.3 is 0 Å². The molecule has 0 rings (SSSR count). The number of unbranched alkanes of at least 4 members (excludes halogenated alkanes) is 12. The van der Waals surface area contributed by atoms with Crippen molar-refractivity contribution in [3.63, 3.8) is 0 Å². The Balaban J connectivity index is 3.65. The second-order valence-electron chi connectivity index (χ2n) is 11.3. The van der Waals surface area contributed by atoms with Gasteiger partial charge in [-0.2, -0.15) is 0 Å². The average Bonchev–Trinajstić information content (AvgIpc) is 2.75. The van der Waals surface area contributed by atoms with Crippen LogP contribution in [0.25, 0.3) is 0 Å². The first-order valence-corrected chi connectivity index (χ1v) is 14.4. The molecule has 0 aromatic carbocycles. The van der Waals surface area contributed by atoms with Crippen LogP contribution in [0.5, 0.6) is 0 Å². The van der Waals surface area contributed by atoms with E-state index < -0.39 is 12.5 Å². The highest BCUT2D eigenvalue weighted by molar-refractivity contribution is 4.74. The van der Waals surface area contributed by atoms with Crippen molar-refractivity contribution >= 4 is 0 Å². The molecule has 0 aliphatic rings. The van der Waals surface area contributed by atoms with E-state index >= 15 is 0 Å². The summed E-state index contributed by atoms with van der Waals surface area (Å²) in [5.41, 5.74) is 24.8. The molecule has 8 N–H and O–H groups in total. The van der Waals surface area contributed by atoms with Gasteiger partial charge < -0.3 is 27.7 Å². The smallest absolute Gasteiger partial charge is 0.123 e. The van der Waals surface area contributed by atoms with E-state index in [0.29, 0.717) is 0 Å². The minimum atomic E-state index is -0.534. The van der Waals surface area contributed by atoms with Crippen molar-refractivity contribution in [2.75, 3.05) is 0 Å².